The van der Waals surface area contributed by atoms with Gasteiger partial charge in [0, 0.05) is 31.0 Å². The Labute approximate surface area is 134 Å². The normalized spacial score (nSPS) is 24.5. The highest BCUT2D eigenvalue weighted by atomic mass is 16.2. The molecule has 2 aliphatic rings. The van der Waals surface area contributed by atoms with Crippen molar-refractivity contribution in [3.05, 3.63) is 46.5 Å². The van der Waals surface area contributed by atoms with Crippen LogP contribution in [0.1, 0.15) is 36.0 Å². The monoisotopic (exact) mass is 312 g/mol. The highest BCUT2D eigenvalue weighted by molar-refractivity contribution is 5.94. The molecule has 1 N–H and O–H groups in total. The maximum atomic E-state index is 12.6. The fraction of sp³-hybridized carbons (Fsp3) is 0.471. The summed E-state index contributed by atoms with van der Waals surface area (Å²) in [6, 6.07) is 5.88. The molecule has 0 aromatic carbocycles. The van der Waals surface area contributed by atoms with Gasteiger partial charge in [0.2, 0.25) is 0 Å². The maximum Gasteiger partial charge on any atom is 0.270 e. The minimum Gasteiger partial charge on any atom is -0.347 e. The lowest BCUT2D eigenvalue weighted by Gasteiger charge is -2.32. The second kappa shape index (κ2) is 5.77. The Hall–Kier alpha value is -2.21. The van der Waals surface area contributed by atoms with Crippen molar-refractivity contribution in [3.8, 4) is 0 Å². The smallest absolute Gasteiger partial charge is 0.270 e. The molecule has 4 heterocycles. The number of hydrogen-bond acceptors (Lipinski definition) is 4. The van der Waals surface area contributed by atoms with E-state index in [0.717, 1.165) is 25.9 Å². The van der Waals surface area contributed by atoms with E-state index in [1.807, 2.05) is 6.07 Å². The molecule has 2 aromatic heterocycles. The first-order valence-corrected chi connectivity index (χ1v) is 8.25. The van der Waals surface area contributed by atoms with Crippen LogP contribution in [0, 0.1) is 0 Å². The Bertz CT molecular complexity index is 801. The Morgan fingerprint density at radius 3 is 3.04 bits per heavy atom. The Balaban J connectivity index is 1.58. The molecule has 0 unspecified atom stereocenters. The average molecular weight is 312 g/mol. The number of piperidine rings is 1. The minimum absolute atomic E-state index is 0.114. The number of nitrogens with one attached hydrogen (secondary N) is 1. The summed E-state index contributed by atoms with van der Waals surface area (Å²) in [7, 11) is 0. The Morgan fingerprint density at radius 2 is 2.13 bits per heavy atom. The zero-order chi connectivity index (χ0) is 15.8. The van der Waals surface area contributed by atoms with Crippen molar-refractivity contribution < 1.29 is 4.79 Å². The number of pyridine rings is 1. The third-order valence-electron chi connectivity index (χ3n) is 5.03. The maximum absolute atomic E-state index is 12.6. The van der Waals surface area contributed by atoms with Crippen molar-refractivity contribution in [2.45, 2.75) is 37.8 Å². The number of hydrogen-bond donors (Lipinski definition) is 1. The largest absolute Gasteiger partial charge is 0.347 e. The first kappa shape index (κ1) is 14.4. The van der Waals surface area contributed by atoms with Crippen molar-refractivity contribution in [2.75, 3.05) is 13.1 Å². The van der Waals surface area contributed by atoms with Gasteiger partial charge in [0.05, 0.1) is 0 Å². The molecular weight excluding hydrogens is 292 g/mol. The summed E-state index contributed by atoms with van der Waals surface area (Å²) in [5, 5.41) is 3.07. The van der Waals surface area contributed by atoms with Gasteiger partial charge in [0.25, 0.3) is 11.5 Å². The van der Waals surface area contributed by atoms with Gasteiger partial charge in [-0.2, -0.15) is 0 Å². The van der Waals surface area contributed by atoms with Crippen molar-refractivity contribution in [2.24, 2.45) is 0 Å². The molecule has 2 fully saturated rings. The van der Waals surface area contributed by atoms with Crippen LogP contribution in [-0.2, 0) is 0 Å². The van der Waals surface area contributed by atoms with Crippen LogP contribution in [0.4, 0.5) is 0 Å². The summed E-state index contributed by atoms with van der Waals surface area (Å²) in [6.45, 7) is 2.15. The van der Waals surface area contributed by atoms with Crippen molar-refractivity contribution in [3.63, 3.8) is 0 Å². The van der Waals surface area contributed by atoms with E-state index in [1.54, 1.807) is 18.3 Å². The standard InChI is InChI=1S/C17H20N4O2/c22-16(19-13-7-10-20-8-3-1-5-14(13)20)12-11-18-15-6-2-4-9-21(15)17(12)23/h2,4,6,9,11,13-14H,1,3,5,7-8,10H2,(H,19,22)/t13-,14+/m1/s1. The fourth-order valence-electron chi connectivity index (χ4n) is 3.84. The molecule has 2 atom stereocenters. The molecule has 6 nitrogen and oxygen atoms in total. The number of fused-ring (bicyclic) bond motifs is 2. The first-order valence-electron chi connectivity index (χ1n) is 8.25. The van der Waals surface area contributed by atoms with Crippen LogP contribution in [0.15, 0.2) is 35.4 Å². The fourth-order valence-corrected chi connectivity index (χ4v) is 3.84. The van der Waals surface area contributed by atoms with Crippen molar-refractivity contribution >= 4 is 11.6 Å². The zero-order valence-corrected chi connectivity index (χ0v) is 12.9. The second-order valence-electron chi connectivity index (χ2n) is 6.37. The van der Waals surface area contributed by atoms with E-state index in [-0.39, 0.29) is 23.1 Å². The Kier molecular flexibility index (Phi) is 3.61. The van der Waals surface area contributed by atoms with Gasteiger partial charge in [-0.25, -0.2) is 4.98 Å². The number of carbonyl (C=O) groups excluding carboxylic acids is 1. The van der Waals surface area contributed by atoms with E-state index in [1.165, 1.54) is 23.4 Å². The van der Waals surface area contributed by atoms with Gasteiger partial charge in [-0.1, -0.05) is 12.5 Å². The number of nitrogens with zero attached hydrogens (tertiary/aromatic N) is 3. The van der Waals surface area contributed by atoms with Crippen LogP contribution in [0.2, 0.25) is 0 Å². The predicted molar refractivity (Wildman–Crippen MR) is 86.5 cm³/mol. The topological polar surface area (TPSA) is 66.7 Å². The molecule has 0 spiro atoms. The third-order valence-corrected chi connectivity index (χ3v) is 5.03. The van der Waals surface area contributed by atoms with Crippen LogP contribution in [0.5, 0.6) is 0 Å². The number of rotatable bonds is 2. The first-order chi connectivity index (χ1) is 11.2. The van der Waals surface area contributed by atoms with Crippen LogP contribution >= 0.6 is 0 Å². The van der Waals surface area contributed by atoms with Crippen LogP contribution in [0.25, 0.3) is 5.65 Å². The highest BCUT2D eigenvalue weighted by Gasteiger charge is 2.36. The number of carbonyl (C=O) groups is 1. The van der Waals surface area contributed by atoms with Gasteiger partial charge >= 0.3 is 0 Å². The van der Waals surface area contributed by atoms with E-state index in [9.17, 15) is 9.59 Å². The van der Waals surface area contributed by atoms with Gasteiger partial charge in [0.1, 0.15) is 11.2 Å². The van der Waals surface area contributed by atoms with Gasteiger partial charge in [-0.05, 0) is 37.9 Å². The van der Waals surface area contributed by atoms with Crippen molar-refractivity contribution in [1.82, 2.24) is 19.6 Å². The molecule has 0 saturated carbocycles. The minimum atomic E-state index is -0.313. The quantitative estimate of drug-likeness (QED) is 0.900. The second-order valence-corrected chi connectivity index (χ2v) is 6.37. The van der Waals surface area contributed by atoms with Crippen molar-refractivity contribution in [1.29, 1.82) is 0 Å². The molecule has 23 heavy (non-hydrogen) atoms. The number of aromatic nitrogens is 2. The molecule has 6 heteroatoms. The van der Waals surface area contributed by atoms with Crippen LogP contribution in [-0.4, -0.2) is 45.4 Å². The SMILES string of the molecule is O=C(N[C@@H]1CCN2CCCC[C@@H]12)c1cnc2ccccn2c1=O. The van der Waals surface area contributed by atoms with Crippen LogP contribution < -0.4 is 10.9 Å². The summed E-state index contributed by atoms with van der Waals surface area (Å²) in [5.41, 5.74) is 0.350. The molecule has 0 radical (unpaired) electrons. The van der Waals surface area contributed by atoms with E-state index >= 15 is 0 Å². The summed E-state index contributed by atoms with van der Waals surface area (Å²) < 4.78 is 1.41. The van der Waals surface area contributed by atoms with Gasteiger partial charge in [-0.15, -0.1) is 0 Å². The molecule has 120 valence electrons. The molecule has 4 rings (SSSR count). The summed E-state index contributed by atoms with van der Waals surface area (Å²) in [6.07, 6.45) is 7.57. The lowest BCUT2D eigenvalue weighted by Crippen LogP contribution is -2.47. The van der Waals surface area contributed by atoms with E-state index in [4.69, 9.17) is 0 Å². The van der Waals surface area contributed by atoms with Gasteiger partial charge in [0.15, 0.2) is 0 Å². The summed E-state index contributed by atoms with van der Waals surface area (Å²) in [5.74, 6) is -0.307. The lowest BCUT2D eigenvalue weighted by molar-refractivity contribution is 0.0913. The zero-order valence-electron chi connectivity index (χ0n) is 12.9. The van der Waals surface area contributed by atoms with E-state index < -0.39 is 0 Å². The molecule has 2 saturated heterocycles. The molecular formula is C17H20N4O2. The molecule has 0 bridgehead atoms. The highest BCUT2D eigenvalue weighted by Crippen LogP contribution is 2.27. The summed E-state index contributed by atoms with van der Waals surface area (Å²) >= 11 is 0. The van der Waals surface area contributed by atoms with E-state index in [2.05, 4.69) is 15.2 Å². The molecule has 2 aliphatic heterocycles. The molecule has 2 aromatic rings. The number of amides is 1. The predicted octanol–water partition coefficient (Wildman–Crippen LogP) is 1.05. The lowest BCUT2D eigenvalue weighted by atomic mass is 9.99. The Morgan fingerprint density at radius 1 is 1.22 bits per heavy atom. The molecule has 1 amide bonds. The average Bonchev–Trinajstić information content (AvgIpc) is 2.98. The van der Waals surface area contributed by atoms with Crippen LogP contribution in [0.3, 0.4) is 0 Å². The van der Waals surface area contributed by atoms with Gasteiger partial charge < -0.3 is 5.32 Å². The summed E-state index contributed by atoms with van der Waals surface area (Å²) in [4.78, 5) is 31.7. The molecule has 0 aliphatic carbocycles. The third kappa shape index (κ3) is 2.53. The van der Waals surface area contributed by atoms with Gasteiger partial charge in [-0.3, -0.25) is 18.9 Å². The van der Waals surface area contributed by atoms with E-state index in [0.29, 0.717) is 11.7 Å².